The van der Waals surface area contributed by atoms with Gasteiger partial charge < -0.3 is 14.4 Å². The van der Waals surface area contributed by atoms with Crippen LogP contribution in [-0.2, 0) is 0 Å². The number of hydrogen-bond acceptors (Lipinski definition) is 3. The van der Waals surface area contributed by atoms with E-state index in [0.29, 0.717) is 5.56 Å². The van der Waals surface area contributed by atoms with Crippen molar-refractivity contribution in [3.05, 3.63) is 71.1 Å². The normalized spacial score (nSPS) is 12.3. The van der Waals surface area contributed by atoms with Crippen LogP contribution in [0.15, 0.2) is 59.0 Å². The van der Waals surface area contributed by atoms with E-state index in [1.165, 1.54) is 0 Å². The zero-order valence-corrected chi connectivity index (χ0v) is 19.3. The first-order valence-corrected chi connectivity index (χ1v) is 10.9. The van der Waals surface area contributed by atoms with Crippen LogP contribution in [0.4, 0.5) is 5.69 Å². The fraction of sp³-hybridized carbons (Fsp3) is 0.259. The number of carboxylic acid groups (broad SMARTS) is 1. The Hall–Kier alpha value is -3.60. The molecule has 0 aromatic heterocycles. The number of carbonyl (C=O) groups is 1. The van der Waals surface area contributed by atoms with E-state index in [9.17, 15) is 9.90 Å². The fourth-order valence-corrected chi connectivity index (χ4v) is 4.35. The molecule has 0 unspecified atom stereocenters. The minimum absolute atomic E-state index is 0.280. The molecular weight excluding hydrogens is 400 g/mol. The van der Waals surface area contributed by atoms with Crippen molar-refractivity contribution >= 4 is 22.6 Å². The Balaban J connectivity index is 2.18. The second-order valence-corrected chi connectivity index (χ2v) is 8.46. The van der Waals surface area contributed by atoms with Gasteiger partial charge in [-0.2, -0.15) is 0 Å². The molecule has 0 spiro atoms. The zero-order chi connectivity index (χ0) is 23.0. The highest BCUT2D eigenvalue weighted by molar-refractivity contribution is 6.07. The van der Waals surface area contributed by atoms with Crippen LogP contribution in [-0.4, -0.2) is 38.8 Å². The second-order valence-electron chi connectivity index (χ2n) is 8.46. The quantitative estimate of drug-likeness (QED) is 0.355. The molecule has 2 aromatic carbocycles. The average molecular weight is 430 g/mol. The largest absolute Gasteiger partial charge is 0.478 e. The van der Waals surface area contributed by atoms with Crippen molar-refractivity contribution in [1.29, 1.82) is 0 Å². The summed E-state index contributed by atoms with van der Waals surface area (Å²) in [6.07, 6.45) is 1.05. The smallest absolute Gasteiger partial charge is 0.336 e. The van der Waals surface area contributed by atoms with Crippen molar-refractivity contribution in [2.24, 2.45) is 0 Å². The molecule has 2 aromatic rings. The van der Waals surface area contributed by atoms with Gasteiger partial charge in [0.15, 0.2) is 0 Å². The van der Waals surface area contributed by atoms with Gasteiger partial charge in [0.25, 0.3) is 0 Å². The molecule has 1 aliphatic carbocycles. The molecule has 5 heteroatoms. The molecule has 0 radical (unpaired) electrons. The highest BCUT2D eigenvalue weighted by atomic mass is 16.4. The minimum Gasteiger partial charge on any atom is -0.478 e. The van der Waals surface area contributed by atoms with Crippen molar-refractivity contribution in [3.8, 4) is 22.5 Å². The predicted molar refractivity (Wildman–Crippen MR) is 131 cm³/mol. The third-order valence-electron chi connectivity index (χ3n) is 5.94. The van der Waals surface area contributed by atoms with Gasteiger partial charge in [0.2, 0.25) is 5.36 Å². The van der Waals surface area contributed by atoms with Crippen LogP contribution in [0.2, 0.25) is 0 Å². The first-order valence-electron chi connectivity index (χ1n) is 10.9. The van der Waals surface area contributed by atoms with Crippen LogP contribution < -0.4 is 14.8 Å². The van der Waals surface area contributed by atoms with Crippen LogP contribution >= 0.6 is 0 Å². The third kappa shape index (κ3) is 3.75. The Morgan fingerprint density at radius 2 is 1.81 bits per heavy atom. The predicted octanol–water partition coefficient (Wildman–Crippen LogP) is 5.09. The van der Waals surface area contributed by atoms with Crippen LogP contribution in [0.25, 0.3) is 33.4 Å². The molecule has 1 aliphatic heterocycles. The monoisotopic (exact) mass is 429 g/mol. The lowest BCUT2D eigenvalue weighted by Gasteiger charge is -2.19. The number of carboxylic acids is 1. The Labute approximate surface area is 188 Å². The molecule has 0 bridgehead atoms. The lowest BCUT2D eigenvalue weighted by atomic mass is 9.90. The molecule has 0 amide bonds. The van der Waals surface area contributed by atoms with Gasteiger partial charge in [-0.25, -0.2) is 9.37 Å². The summed E-state index contributed by atoms with van der Waals surface area (Å²) in [7, 11) is 6.07. The molecule has 1 N–H and O–H groups in total. The van der Waals surface area contributed by atoms with E-state index < -0.39 is 5.97 Å². The second kappa shape index (κ2) is 8.50. The molecule has 4 rings (SSSR count). The molecule has 1 heterocycles. The van der Waals surface area contributed by atoms with E-state index >= 15 is 0 Å². The van der Waals surface area contributed by atoms with Crippen LogP contribution in [0.5, 0.6) is 0 Å². The summed E-state index contributed by atoms with van der Waals surface area (Å²) in [6.45, 7) is 5.20. The molecule has 2 aliphatic rings. The Kier molecular flexibility index (Phi) is 5.74. The summed E-state index contributed by atoms with van der Waals surface area (Å²) in [4.78, 5) is 14.1. The first-order chi connectivity index (χ1) is 15.3. The molecule has 0 atom stereocenters. The van der Waals surface area contributed by atoms with Crippen LogP contribution in [0.1, 0.15) is 29.3 Å². The molecule has 32 heavy (non-hydrogen) atoms. The van der Waals surface area contributed by atoms with E-state index in [4.69, 9.17) is 4.42 Å². The molecule has 0 saturated heterocycles. The summed E-state index contributed by atoms with van der Waals surface area (Å²) in [5.74, 6) is -0.198. The van der Waals surface area contributed by atoms with E-state index in [2.05, 4.69) is 37.6 Å². The topological polar surface area (TPSA) is 56.7 Å². The van der Waals surface area contributed by atoms with Gasteiger partial charge in [-0.3, -0.25) is 0 Å². The standard InChI is InChI=1S/C27H28N2O3/c1-6-13-29(5)23-16-25-22(14-17(23)2)26(19-9-7-8-10-20(19)27(30)31)21-12-11-18(28(3)4)15-24(21)32-25/h7-12,14-16H,6,13H2,1-5H3/p+1. The number of hydrogen-bond donors (Lipinski definition) is 1. The summed E-state index contributed by atoms with van der Waals surface area (Å²) in [5.41, 5.74) is 5.65. The summed E-state index contributed by atoms with van der Waals surface area (Å²) in [5, 5.41) is 11.9. The molecule has 0 fully saturated rings. The maximum Gasteiger partial charge on any atom is 0.336 e. The Morgan fingerprint density at radius 1 is 1.06 bits per heavy atom. The molecule has 164 valence electrons. The van der Waals surface area contributed by atoms with Crippen molar-refractivity contribution < 1.29 is 14.3 Å². The van der Waals surface area contributed by atoms with Crippen molar-refractivity contribution in [2.45, 2.75) is 20.3 Å². The lowest BCUT2D eigenvalue weighted by molar-refractivity contribution is 0.0697. The number of benzene rings is 3. The summed E-state index contributed by atoms with van der Waals surface area (Å²) < 4.78 is 8.65. The average Bonchev–Trinajstić information content (AvgIpc) is 2.77. The number of aromatic carboxylic acids is 1. The first kappa shape index (κ1) is 21.6. The Bertz CT molecular complexity index is 1370. The number of fused-ring (bicyclic) bond motifs is 2. The van der Waals surface area contributed by atoms with Gasteiger partial charge in [0.05, 0.1) is 11.6 Å². The van der Waals surface area contributed by atoms with Crippen molar-refractivity contribution in [1.82, 2.24) is 4.58 Å². The van der Waals surface area contributed by atoms with Gasteiger partial charge in [-0.15, -0.1) is 0 Å². The number of nitrogens with zero attached hydrogens (tertiary/aromatic N) is 2. The highest BCUT2D eigenvalue weighted by Crippen LogP contribution is 2.42. The minimum atomic E-state index is -0.941. The maximum atomic E-state index is 12.1. The lowest BCUT2D eigenvalue weighted by Crippen LogP contribution is -2.29. The fourth-order valence-electron chi connectivity index (χ4n) is 4.35. The van der Waals surface area contributed by atoms with E-state index in [1.54, 1.807) is 12.1 Å². The van der Waals surface area contributed by atoms with Crippen molar-refractivity contribution in [2.75, 3.05) is 32.6 Å². The highest BCUT2D eigenvalue weighted by Gasteiger charge is 2.23. The van der Waals surface area contributed by atoms with E-state index in [0.717, 1.165) is 57.4 Å². The number of anilines is 1. The SMILES string of the molecule is CCC/[N+](C)=c1\cc2oc3cc(N(C)C)ccc3c(-c3ccccc3C(=O)O)c-2cc1C. The zero-order valence-electron chi connectivity index (χ0n) is 19.3. The maximum absolute atomic E-state index is 12.1. The third-order valence-corrected chi connectivity index (χ3v) is 5.94. The summed E-state index contributed by atoms with van der Waals surface area (Å²) >= 11 is 0. The van der Waals surface area contributed by atoms with Gasteiger partial charge in [-0.1, -0.05) is 25.1 Å². The number of rotatable bonds is 5. The van der Waals surface area contributed by atoms with Gasteiger partial charge in [0, 0.05) is 54.3 Å². The molecule has 5 nitrogen and oxygen atoms in total. The van der Waals surface area contributed by atoms with Gasteiger partial charge in [-0.05, 0) is 36.8 Å². The Morgan fingerprint density at radius 3 is 2.50 bits per heavy atom. The number of aryl methyl sites for hydroxylation is 1. The van der Waals surface area contributed by atoms with Crippen LogP contribution in [0, 0.1) is 6.92 Å². The molecule has 0 saturated carbocycles. The summed E-state index contributed by atoms with van der Waals surface area (Å²) in [6, 6.07) is 17.4. The van der Waals surface area contributed by atoms with Crippen molar-refractivity contribution in [3.63, 3.8) is 0 Å². The molecular formula is C27H29N2O3+. The van der Waals surface area contributed by atoms with Gasteiger partial charge in [0.1, 0.15) is 24.9 Å². The van der Waals surface area contributed by atoms with E-state index in [-0.39, 0.29) is 5.56 Å². The van der Waals surface area contributed by atoms with Gasteiger partial charge >= 0.3 is 5.97 Å². The van der Waals surface area contributed by atoms with E-state index in [1.807, 2.05) is 49.3 Å². The van der Waals surface area contributed by atoms with Crippen LogP contribution in [0.3, 0.4) is 0 Å².